The van der Waals surface area contributed by atoms with E-state index in [-0.39, 0.29) is 16.8 Å². The smallest absolute Gasteiger partial charge is 0.258 e. The summed E-state index contributed by atoms with van der Waals surface area (Å²) >= 11 is 0. The van der Waals surface area contributed by atoms with Gasteiger partial charge in [0.25, 0.3) is 5.91 Å². The van der Waals surface area contributed by atoms with E-state index in [0.717, 1.165) is 37.8 Å². The van der Waals surface area contributed by atoms with E-state index in [1.807, 2.05) is 30.0 Å². The highest BCUT2D eigenvalue weighted by molar-refractivity contribution is 7.89. The predicted molar refractivity (Wildman–Crippen MR) is 110 cm³/mol. The third-order valence-corrected chi connectivity index (χ3v) is 7.64. The molecule has 28 heavy (non-hydrogen) atoms. The van der Waals surface area contributed by atoms with Crippen LogP contribution in [0, 0.1) is 0 Å². The number of rotatable bonds is 3. The largest absolute Gasteiger partial charge is 0.305 e. The Morgan fingerprint density at radius 3 is 2.25 bits per heavy atom. The van der Waals surface area contributed by atoms with Crippen molar-refractivity contribution in [2.24, 2.45) is 0 Å². The highest BCUT2D eigenvalue weighted by atomic mass is 32.2. The minimum atomic E-state index is -3.50. The zero-order valence-corrected chi connectivity index (χ0v) is 17.0. The second-order valence-electron chi connectivity index (χ2n) is 7.70. The lowest BCUT2D eigenvalue weighted by molar-refractivity contribution is 0.0981. The van der Waals surface area contributed by atoms with Gasteiger partial charge in [0.1, 0.15) is 0 Å². The molecule has 2 aliphatic rings. The number of amides is 1. The number of hydrogen-bond acceptors (Lipinski definition) is 3. The maximum absolute atomic E-state index is 13.1. The molecule has 0 saturated carbocycles. The fraction of sp³-hybridized carbons (Fsp3) is 0.409. The van der Waals surface area contributed by atoms with Gasteiger partial charge in [0, 0.05) is 30.4 Å². The summed E-state index contributed by atoms with van der Waals surface area (Å²) in [6, 6.07) is 14.5. The Morgan fingerprint density at radius 2 is 1.57 bits per heavy atom. The number of fused-ring (bicyclic) bond motifs is 1. The molecular weight excluding hydrogens is 372 g/mol. The lowest BCUT2D eigenvalue weighted by atomic mass is 10.1. The molecular formula is C22H26N2O3S. The highest BCUT2D eigenvalue weighted by Crippen LogP contribution is 2.33. The summed E-state index contributed by atoms with van der Waals surface area (Å²) in [5.41, 5.74) is 2.63. The first-order valence-electron chi connectivity index (χ1n) is 10.00. The van der Waals surface area contributed by atoms with Gasteiger partial charge in [-0.25, -0.2) is 8.42 Å². The van der Waals surface area contributed by atoms with Gasteiger partial charge >= 0.3 is 0 Å². The van der Waals surface area contributed by atoms with E-state index in [2.05, 4.69) is 6.07 Å². The van der Waals surface area contributed by atoms with Crippen molar-refractivity contribution in [1.29, 1.82) is 0 Å². The van der Waals surface area contributed by atoms with Crippen molar-refractivity contribution >= 4 is 21.6 Å². The Bertz CT molecular complexity index is 962. The molecule has 2 aromatic carbocycles. The van der Waals surface area contributed by atoms with Crippen molar-refractivity contribution in [3.05, 3.63) is 59.7 Å². The number of sulfonamides is 1. The summed E-state index contributed by atoms with van der Waals surface area (Å²) in [4.78, 5) is 15.2. The molecule has 2 aromatic rings. The van der Waals surface area contributed by atoms with Crippen LogP contribution in [0.2, 0.25) is 0 Å². The molecule has 0 aliphatic carbocycles. The zero-order valence-electron chi connectivity index (χ0n) is 16.2. The van der Waals surface area contributed by atoms with Crippen LogP contribution in [0.3, 0.4) is 0 Å². The zero-order chi connectivity index (χ0) is 19.7. The van der Waals surface area contributed by atoms with Crippen molar-refractivity contribution in [3.63, 3.8) is 0 Å². The van der Waals surface area contributed by atoms with E-state index in [1.165, 1.54) is 5.56 Å². The summed E-state index contributed by atoms with van der Waals surface area (Å²) in [6.07, 6.45) is 4.80. The molecule has 1 saturated heterocycles. The van der Waals surface area contributed by atoms with Crippen LogP contribution in [0.1, 0.15) is 48.5 Å². The summed E-state index contributed by atoms with van der Waals surface area (Å²) in [5, 5.41) is 0. The van der Waals surface area contributed by atoms with Gasteiger partial charge in [0.2, 0.25) is 10.0 Å². The molecule has 0 spiro atoms. The first-order chi connectivity index (χ1) is 13.5. The third kappa shape index (κ3) is 3.47. The average Bonchev–Trinajstić information content (AvgIpc) is 2.87. The molecule has 1 atom stereocenters. The molecule has 2 heterocycles. The van der Waals surface area contributed by atoms with Crippen LogP contribution in [0.15, 0.2) is 53.4 Å². The molecule has 0 radical (unpaired) electrons. The number of benzene rings is 2. The minimum absolute atomic E-state index is 0.0869. The Morgan fingerprint density at radius 1 is 0.929 bits per heavy atom. The van der Waals surface area contributed by atoms with Crippen LogP contribution in [0.4, 0.5) is 5.69 Å². The van der Waals surface area contributed by atoms with Gasteiger partial charge in [0.05, 0.1) is 4.90 Å². The lowest BCUT2D eigenvalue weighted by Crippen LogP contribution is -2.35. The Balaban J connectivity index is 1.57. The van der Waals surface area contributed by atoms with Crippen LogP contribution in [0.25, 0.3) is 0 Å². The van der Waals surface area contributed by atoms with Crippen LogP contribution in [-0.4, -0.2) is 37.8 Å². The van der Waals surface area contributed by atoms with Crippen LogP contribution in [-0.2, 0) is 16.4 Å². The third-order valence-electron chi connectivity index (χ3n) is 5.73. The summed E-state index contributed by atoms with van der Waals surface area (Å²) < 4.78 is 27.4. The van der Waals surface area contributed by atoms with E-state index in [4.69, 9.17) is 0 Å². The lowest BCUT2D eigenvalue weighted by Gasteiger charge is -2.23. The molecule has 148 valence electrons. The van der Waals surface area contributed by atoms with Gasteiger partial charge in [-0.3, -0.25) is 4.79 Å². The molecule has 2 aliphatic heterocycles. The summed E-state index contributed by atoms with van der Waals surface area (Å²) in [7, 11) is -3.50. The fourth-order valence-electron chi connectivity index (χ4n) is 4.21. The molecule has 6 heteroatoms. The fourth-order valence-corrected chi connectivity index (χ4v) is 5.73. The minimum Gasteiger partial charge on any atom is -0.305 e. The Hall–Kier alpha value is -2.18. The van der Waals surface area contributed by atoms with Gasteiger partial charge in [-0.05, 0) is 62.1 Å². The monoisotopic (exact) mass is 398 g/mol. The first-order valence-corrected chi connectivity index (χ1v) is 11.4. The predicted octanol–water partition coefficient (Wildman–Crippen LogP) is 3.84. The number of carbonyl (C=O) groups excluding carboxylic acids is 1. The SMILES string of the molecule is CC1Cc2ccccc2N1C(=O)c1ccc(S(=O)(=O)N2CCCCCC2)cc1. The van der Waals surface area contributed by atoms with Crippen molar-refractivity contribution in [2.75, 3.05) is 18.0 Å². The topological polar surface area (TPSA) is 57.7 Å². The molecule has 0 N–H and O–H groups in total. The molecule has 1 unspecified atom stereocenters. The Kier molecular flexibility index (Phi) is 5.25. The number of carbonyl (C=O) groups is 1. The maximum Gasteiger partial charge on any atom is 0.258 e. The van der Waals surface area contributed by atoms with Crippen LogP contribution in [0.5, 0.6) is 0 Å². The average molecular weight is 399 g/mol. The van der Waals surface area contributed by atoms with Crippen LogP contribution < -0.4 is 4.90 Å². The number of hydrogen-bond donors (Lipinski definition) is 0. The van der Waals surface area contributed by atoms with E-state index in [9.17, 15) is 13.2 Å². The van der Waals surface area contributed by atoms with Gasteiger partial charge in [-0.2, -0.15) is 4.31 Å². The van der Waals surface area contributed by atoms with Crippen molar-refractivity contribution in [2.45, 2.75) is 50.0 Å². The number of anilines is 1. The molecule has 1 amide bonds. The normalized spacial score (nSPS) is 20.6. The van der Waals surface area contributed by atoms with Crippen molar-refractivity contribution in [3.8, 4) is 0 Å². The van der Waals surface area contributed by atoms with E-state index in [0.29, 0.717) is 18.7 Å². The van der Waals surface area contributed by atoms with Gasteiger partial charge in [0.15, 0.2) is 0 Å². The van der Waals surface area contributed by atoms with Crippen molar-refractivity contribution in [1.82, 2.24) is 4.31 Å². The second-order valence-corrected chi connectivity index (χ2v) is 9.64. The Labute approximate surface area is 167 Å². The number of nitrogens with zero attached hydrogens (tertiary/aromatic N) is 2. The summed E-state index contributed by atoms with van der Waals surface area (Å²) in [6.45, 7) is 3.19. The molecule has 1 fully saturated rings. The maximum atomic E-state index is 13.1. The van der Waals surface area contributed by atoms with Gasteiger partial charge in [-0.1, -0.05) is 31.0 Å². The first kappa shape index (κ1) is 19.2. The van der Waals surface area contributed by atoms with E-state index >= 15 is 0 Å². The van der Waals surface area contributed by atoms with E-state index in [1.54, 1.807) is 28.6 Å². The molecule has 0 aromatic heterocycles. The molecule has 4 rings (SSSR count). The summed E-state index contributed by atoms with van der Waals surface area (Å²) in [5.74, 6) is -0.0869. The van der Waals surface area contributed by atoms with E-state index < -0.39 is 10.0 Å². The van der Waals surface area contributed by atoms with Gasteiger partial charge in [-0.15, -0.1) is 0 Å². The van der Waals surface area contributed by atoms with Gasteiger partial charge < -0.3 is 4.90 Å². The standard InChI is InChI=1S/C22H26N2O3S/c1-17-16-19-8-4-5-9-21(19)24(17)22(25)18-10-12-20(13-11-18)28(26,27)23-14-6-2-3-7-15-23/h4-5,8-13,17H,2-3,6-7,14-16H2,1H3. The molecule has 5 nitrogen and oxygen atoms in total. The second kappa shape index (κ2) is 7.68. The van der Waals surface area contributed by atoms with Crippen molar-refractivity contribution < 1.29 is 13.2 Å². The number of para-hydroxylation sites is 1. The quantitative estimate of drug-likeness (QED) is 0.789. The van der Waals surface area contributed by atoms with Crippen LogP contribution >= 0.6 is 0 Å². The highest BCUT2D eigenvalue weighted by Gasteiger charge is 2.31. The molecule has 0 bridgehead atoms.